The lowest BCUT2D eigenvalue weighted by atomic mass is 10.2. The molecule has 23 heavy (non-hydrogen) atoms. The third-order valence-corrected chi connectivity index (χ3v) is 4.59. The summed E-state index contributed by atoms with van der Waals surface area (Å²) in [5.41, 5.74) is 1.20. The van der Waals surface area contributed by atoms with Gasteiger partial charge >= 0.3 is 5.97 Å². The van der Waals surface area contributed by atoms with Gasteiger partial charge in [-0.1, -0.05) is 6.07 Å². The number of sulfonamides is 1. The molecule has 0 radical (unpaired) electrons. The van der Waals surface area contributed by atoms with E-state index < -0.39 is 21.6 Å². The summed E-state index contributed by atoms with van der Waals surface area (Å²) in [6, 6.07) is 3.32. The molecule has 0 unspecified atom stereocenters. The van der Waals surface area contributed by atoms with Crippen molar-refractivity contribution in [3.8, 4) is 0 Å². The summed E-state index contributed by atoms with van der Waals surface area (Å²) in [4.78, 5) is 19.8. The summed E-state index contributed by atoms with van der Waals surface area (Å²) in [7, 11) is -3.68. The maximum Gasteiger partial charge on any atom is 0.360 e. The van der Waals surface area contributed by atoms with Crippen LogP contribution in [0, 0.1) is 0 Å². The number of anilines is 1. The first kappa shape index (κ1) is 17.4. The Labute approximate surface area is 138 Å². The second-order valence-electron chi connectivity index (χ2n) is 5.75. The van der Waals surface area contributed by atoms with Gasteiger partial charge in [-0.2, -0.15) is 0 Å². The Morgan fingerprint density at radius 1 is 1.39 bits per heavy atom. The average Bonchev–Trinajstić information content (AvgIpc) is 2.84. The summed E-state index contributed by atoms with van der Waals surface area (Å²) < 4.78 is 32.0. The number of ether oxygens (including phenoxy) is 1. The highest BCUT2D eigenvalue weighted by Gasteiger charge is 2.25. The van der Waals surface area contributed by atoms with Crippen LogP contribution in [0.5, 0.6) is 0 Å². The number of hydrogen-bond acceptors (Lipinski definition) is 7. The first-order valence-electron chi connectivity index (χ1n) is 6.72. The minimum absolute atomic E-state index is 0.0420. The van der Waals surface area contributed by atoms with Gasteiger partial charge in [-0.25, -0.2) is 18.2 Å². The molecule has 0 aromatic carbocycles. The molecule has 7 nitrogen and oxygen atoms in total. The largest absolute Gasteiger partial charge is 0.455 e. The molecule has 0 fully saturated rings. The lowest BCUT2D eigenvalue weighted by Gasteiger charge is -2.19. The van der Waals surface area contributed by atoms with Crippen LogP contribution < -0.4 is 4.72 Å². The van der Waals surface area contributed by atoms with Gasteiger partial charge in [-0.3, -0.25) is 9.71 Å². The van der Waals surface area contributed by atoms with Crippen molar-refractivity contribution in [3.05, 3.63) is 41.3 Å². The van der Waals surface area contributed by atoms with Crippen LogP contribution >= 0.6 is 11.3 Å². The van der Waals surface area contributed by atoms with Gasteiger partial charge in [0.25, 0.3) is 0 Å². The van der Waals surface area contributed by atoms with Crippen LogP contribution in [0.25, 0.3) is 0 Å². The summed E-state index contributed by atoms with van der Waals surface area (Å²) in [5, 5.41) is 0.142. The van der Waals surface area contributed by atoms with Gasteiger partial charge in [-0.15, -0.1) is 11.3 Å². The first-order chi connectivity index (χ1) is 10.7. The Hall–Kier alpha value is -2.00. The van der Waals surface area contributed by atoms with Gasteiger partial charge in [-0.05, 0) is 32.4 Å². The Morgan fingerprint density at radius 2 is 2.13 bits per heavy atom. The van der Waals surface area contributed by atoms with E-state index in [0.29, 0.717) is 5.56 Å². The third-order valence-electron chi connectivity index (χ3n) is 2.49. The Bertz CT molecular complexity index is 780. The highest BCUT2D eigenvalue weighted by atomic mass is 32.2. The van der Waals surface area contributed by atoms with E-state index in [1.54, 1.807) is 39.1 Å². The van der Waals surface area contributed by atoms with Crippen LogP contribution in [0.1, 0.15) is 36.8 Å². The van der Waals surface area contributed by atoms with Crippen molar-refractivity contribution in [2.45, 2.75) is 32.1 Å². The lowest BCUT2D eigenvalue weighted by molar-refractivity contribution is 0.00650. The van der Waals surface area contributed by atoms with Crippen LogP contribution in [-0.4, -0.2) is 30.0 Å². The predicted octanol–water partition coefficient (Wildman–Crippen LogP) is 2.44. The number of carbonyl (C=O) groups excluding carboxylic acids is 1. The maximum absolute atomic E-state index is 12.2. The van der Waals surface area contributed by atoms with E-state index in [1.807, 2.05) is 0 Å². The highest BCUT2D eigenvalue weighted by molar-refractivity contribution is 7.92. The fourth-order valence-corrected chi connectivity index (χ4v) is 3.82. The maximum atomic E-state index is 12.2. The molecule has 2 rings (SSSR count). The van der Waals surface area contributed by atoms with Crippen molar-refractivity contribution in [2.75, 3.05) is 4.72 Å². The fraction of sp³-hybridized carbons (Fsp3) is 0.357. The zero-order valence-corrected chi connectivity index (χ0v) is 14.6. The Kier molecular flexibility index (Phi) is 5.00. The van der Waals surface area contributed by atoms with Crippen molar-refractivity contribution >= 4 is 32.3 Å². The highest BCUT2D eigenvalue weighted by Crippen LogP contribution is 2.24. The topological polar surface area (TPSA) is 98.2 Å². The van der Waals surface area contributed by atoms with Crippen LogP contribution in [0.15, 0.2) is 30.0 Å². The molecule has 124 valence electrons. The molecule has 0 spiro atoms. The van der Waals surface area contributed by atoms with Crippen molar-refractivity contribution in [1.29, 1.82) is 0 Å². The number of pyridine rings is 1. The quantitative estimate of drug-likeness (QED) is 0.827. The molecule has 0 amide bonds. The van der Waals surface area contributed by atoms with E-state index >= 15 is 0 Å². The minimum Gasteiger partial charge on any atom is -0.455 e. The molecule has 1 N–H and O–H groups in total. The molecule has 0 saturated carbocycles. The molecular formula is C14H17N3O4S2. The summed E-state index contributed by atoms with van der Waals surface area (Å²) in [5.74, 6) is -0.912. The normalized spacial score (nSPS) is 12.0. The number of esters is 1. The van der Waals surface area contributed by atoms with Gasteiger partial charge in [0, 0.05) is 12.4 Å². The van der Waals surface area contributed by atoms with Gasteiger partial charge < -0.3 is 4.74 Å². The van der Waals surface area contributed by atoms with Crippen LogP contribution in [0.2, 0.25) is 0 Å². The van der Waals surface area contributed by atoms with E-state index in [-0.39, 0.29) is 16.4 Å². The van der Waals surface area contributed by atoms with E-state index in [0.717, 1.165) is 11.3 Å². The minimum atomic E-state index is -3.68. The standard InChI is InChI=1S/C14H17N3O4S2/c1-14(2,3)21-13(18)11-12(22-9-16-11)17-23(19,20)8-10-5-4-6-15-7-10/h4-7,9,17H,8H2,1-3H3. The van der Waals surface area contributed by atoms with Crippen LogP contribution in [0.3, 0.4) is 0 Å². The molecule has 2 aromatic heterocycles. The number of hydrogen-bond donors (Lipinski definition) is 1. The molecule has 2 aromatic rings. The molecule has 0 bridgehead atoms. The van der Waals surface area contributed by atoms with Gasteiger partial charge in [0.1, 0.15) is 10.6 Å². The number of nitrogens with one attached hydrogen (secondary N) is 1. The number of nitrogens with zero attached hydrogens (tertiary/aromatic N) is 2. The summed E-state index contributed by atoms with van der Waals surface area (Å²) >= 11 is 1.02. The van der Waals surface area contributed by atoms with E-state index in [2.05, 4.69) is 14.7 Å². The van der Waals surface area contributed by atoms with E-state index in [4.69, 9.17) is 4.74 Å². The molecule has 0 atom stereocenters. The van der Waals surface area contributed by atoms with E-state index in [1.165, 1.54) is 11.7 Å². The Morgan fingerprint density at radius 3 is 2.74 bits per heavy atom. The van der Waals surface area contributed by atoms with Crippen molar-refractivity contribution in [3.63, 3.8) is 0 Å². The third kappa shape index (κ3) is 5.29. The average molecular weight is 355 g/mol. The number of carbonyl (C=O) groups is 1. The molecular weight excluding hydrogens is 338 g/mol. The molecule has 0 aliphatic heterocycles. The van der Waals surface area contributed by atoms with Crippen LogP contribution in [0.4, 0.5) is 5.00 Å². The SMILES string of the molecule is CC(C)(C)OC(=O)c1ncsc1NS(=O)(=O)Cc1cccnc1. The zero-order chi connectivity index (χ0) is 17.1. The van der Waals surface area contributed by atoms with Crippen molar-refractivity contribution in [1.82, 2.24) is 9.97 Å². The summed E-state index contributed by atoms with van der Waals surface area (Å²) in [6.45, 7) is 5.18. The molecule has 0 aliphatic rings. The first-order valence-corrected chi connectivity index (χ1v) is 9.26. The smallest absolute Gasteiger partial charge is 0.360 e. The zero-order valence-electron chi connectivity index (χ0n) is 12.9. The number of thiazole rings is 1. The van der Waals surface area contributed by atoms with E-state index in [9.17, 15) is 13.2 Å². The van der Waals surface area contributed by atoms with Crippen LogP contribution in [-0.2, 0) is 20.5 Å². The fourth-order valence-electron chi connectivity index (χ4n) is 1.67. The number of rotatable bonds is 5. The molecule has 0 aliphatic carbocycles. The summed E-state index contributed by atoms with van der Waals surface area (Å²) in [6.07, 6.45) is 3.04. The second-order valence-corrected chi connectivity index (χ2v) is 8.33. The van der Waals surface area contributed by atoms with Crippen molar-refractivity contribution in [2.24, 2.45) is 0 Å². The van der Waals surface area contributed by atoms with Gasteiger partial charge in [0.05, 0.1) is 11.3 Å². The van der Waals surface area contributed by atoms with Crippen molar-refractivity contribution < 1.29 is 17.9 Å². The van der Waals surface area contributed by atoms with Gasteiger partial charge in [0.15, 0.2) is 5.69 Å². The van der Waals surface area contributed by atoms with Gasteiger partial charge in [0.2, 0.25) is 10.0 Å². The predicted molar refractivity (Wildman–Crippen MR) is 87.8 cm³/mol. The monoisotopic (exact) mass is 355 g/mol. The molecule has 0 saturated heterocycles. The molecule has 2 heterocycles. The Balaban J connectivity index is 2.15. The lowest BCUT2D eigenvalue weighted by Crippen LogP contribution is -2.25. The second kappa shape index (κ2) is 6.63. The number of aromatic nitrogens is 2. The molecule has 9 heteroatoms.